The molecule has 1 N–H and O–H groups in total. The van der Waals surface area contributed by atoms with Crippen LogP contribution in [-0.2, 0) is 16.1 Å². The Morgan fingerprint density at radius 1 is 1.57 bits per heavy atom. The Morgan fingerprint density at radius 2 is 2.38 bits per heavy atom. The second-order valence-electron chi connectivity index (χ2n) is 5.43. The topological polar surface area (TPSA) is 54.5 Å². The summed E-state index contributed by atoms with van der Waals surface area (Å²) < 4.78 is 5.59. The number of hydrogen-bond donors (Lipinski definition) is 1. The molecule has 0 bridgehead atoms. The Labute approximate surface area is 130 Å². The third-order valence-corrected chi connectivity index (χ3v) is 4.38. The highest BCUT2D eigenvalue weighted by Gasteiger charge is 2.20. The summed E-state index contributed by atoms with van der Waals surface area (Å²) in [6.07, 6.45) is 3.72. The lowest BCUT2D eigenvalue weighted by atomic mass is 10.4. The van der Waals surface area contributed by atoms with E-state index in [0.29, 0.717) is 6.54 Å². The van der Waals surface area contributed by atoms with Gasteiger partial charge in [-0.25, -0.2) is 4.98 Å². The molecule has 21 heavy (non-hydrogen) atoms. The van der Waals surface area contributed by atoms with Crippen molar-refractivity contribution >= 4 is 22.4 Å². The van der Waals surface area contributed by atoms with Gasteiger partial charge in [0.05, 0.1) is 5.69 Å². The number of anilines is 1. The van der Waals surface area contributed by atoms with Gasteiger partial charge in [0.2, 0.25) is 5.91 Å². The number of carbonyl (C=O) groups excluding carboxylic acids is 1. The molecule has 1 fully saturated rings. The van der Waals surface area contributed by atoms with Crippen LogP contribution >= 0.6 is 11.3 Å². The molecule has 1 aromatic heterocycles. The second kappa shape index (κ2) is 8.46. The zero-order chi connectivity index (χ0) is 15.1. The molecule has 0 spiro atoms. The second-order valence-corrected chi connectivity index (χ2v) is 6.27. The summed E-state index contributed by atoms with van der Waals surface area (Å²) in [7, 11) is 0. The highest BCUT2D eigenvalue weighted by Crippen LogP contribution is 2.28. The molecule has 1 aliphatic carbocycles. The van der Waals surface area contributed by atoms with Gasteiger partial charge in [0.1, 0.15) is 0 Å². The van der Waals surface area contributed by atoms with Gasteiger partial charge >= 0.3 is 0 Å². The van der Waals surface area contributed by atoms with Crippen molar-refractivity contribution in [3.8, 4) is 0 Å². The van der Waals surface area contributed by atoms with E-state index in [1.165, 1.54) is 24.2 Å². The summed E-state index contributed by atoms with van der Waals surface area (Å²) in [5, 5.41) is 6.16. The number of ether oxygens (including phenoxy) is 1. The van der Waals surface area contributed by atoms with Crippen LogP contribution in [0.3, 0.4) is 0 Å². The highest BCUT2D eigenvalue weighted by molar-refractivity contribution is 7.14. The molecule has 0 aliphatic heterocycles. The first-order valence-electron chi connectivity index (χ1n) is 7.71. The first-order valence-corrected chi connectivity index (χ1v) is 8.59. The third-order valence-electron chi connectivity index (χ3n) is 3.47. The number of amides is 1. The summed E-state index contributed by atoms with van der Waals surface area (Å²) in [4.78, 5) is 17.7. The Bertz CT molecular complexity index is 446. The van der Waals surface area contributed by atoms with Gasteiger partial charge in [0.25, 0.3) is 0 Å². The zero-order valence-corrected chi connectivity index (χ0v) is 13.7. The lowest BCUT2D eigenvalue weighted by Gasteiger charge is -2.14. The van der Waals surface area contributed by atoms with E-state index in [2.05, 4.69) is 10.3 Å². The molecule has 0 aromatic carbocycles. The van der Waals surface area contributed by atoms with E-state index in [0.717, 1.165) is 49.5 Å². The maximum Gasteiger partial charge on any atom is 0.225 e. The van der Waals surface area contributed by atoms with Crippen LogP contribution in [0.1, 0.15) is 38.8 Å². The smallest absolute Gasteiger partial charge is 0.225 e. The van der Waals surface area contributed by atoms with Crippen molar-refractivity contribution in [2.45, 2.75) is 39.7 Å². The van der Waals surface area contributed by atoms with Crippen molar-refractivity contribution in [2.75, 3.05) is 31.2 Å². The van der Waals surface area contributed by atoms with Crippen LogP contribution in [0.4, 0.5) is 5.13 Å². The van der Waals surface area contributed by atoms with Crippen LogP contribution in [-0.4, -0.2) is 37.2 Å². The van der Waals surface area contributed by atoms with Crippen LogP contribution in [0, 0.1) is 5.92 Å². The zero-order valence-electron chi connectivity index (χ0n) is 12.9. The molecule has 5 nitrogen and oxygen atoms in total. The Morgan fingerprint density at radius 3 is 3.05 bits per heavy atom. The average Bonchev–Trinajstić information content (AvgIpc) is 3.17. The molecule has 1 amide bonds. The lowest BCUT2D eigenvalue weighted by molar-refractivity contribution is -0.116. The summed E-state index contributed by atoms with van der Waals surface area (Å²) in [5.41, 5.74) is 0.994. The molecule has 0 unspecified atom stereocenters. The quantitative estimate of drug-likeness (QED) is 0.674. The SMILES string of the molecule is CCN(C(C)=O)c1nc(CNCCCOCC2CC2)cs1. The van der Waals surface area contributed by atoms with Gasteiger partial charge in [-0.15, -0.1) is 11.3 Å². The van der Waals surface area contributed by atoms with Crippen molar-refractivity contribution in [3.05, 3.63) is 11.1 Å². The molecule has 1 saturated carbocycles. The van der Waals surface area contributed by atoms with E-state index in [1.807, 2.05) is 12.3 Å². The Hall–Kier alpha value is -0.980. The maximum atomic E-state index is 11.5. The first kappa shape index (κ1) is 16.4. The Kier molecular flexibility index (Phi) is 6.60. The predicted molar refractivity (Wildman–Crippen MR) is 85.7 cm³/mol. The summed E-state index contributed by atoms with van der Waals surface area (Å²) >= 11 is 1.52. The van der Waals surface area contributed by atoms with Gasteiger partial charge < -0.3 is 10.1 Å². The number of aromatic nitrogens is 1. The maximum absolute atomic E-state index is 11.5. The van der Waals surface area contributed by atoms with Gasteiger partial charge in [0, 0.05) is 38.6 Å². The standard InChI is InChI=1S/C15H25N3O2S/c1-3-18(12(2)19)15-17-14(11-21-15)9-16-7-4-8-20-10-13-5-6-13/h11,13,16H,3-10H2,1-2H3. The minimum atomic E-state index is 0.0409. The van der Waals surface area contributed by atoms with Crippen molar-refractivity contribution < 1.29 is 9.53 Å². The van der Waals surface area contributed by atoms with Crippen molar-refractivity contribution in [2.24, 2.45) is 5.92 Å². The molecule has 1 aliphatic rings. The number of nitrogens with one attached hydrogen (secondary N) is 1. The number of hydrogen-bond acceptors (Lipinski definition) is 5. The number of rotatable bonds is 10. The molecule has 0 saturated heterocycles. The number of carbonyl (C=O) groups is 1. The summed E-state index contributed by atoms with van der Waals surface area (Å²) in [5.74, 6) is 0.883. The Balaban J connectivity index is 1.59. The van der Waals surface area contributed by atoms with Gasteiger partial charge in [-0.3, -0.25) is 9.69 Å². The van der Waals surface area contributed by atoms with Crippen LogP contribution in [0.25, 0.3) is 0 Å². The highest BCUT2D eigenvalue weighted by atomic mass is 32.1. The molecular formula is C15H25N3O2S. The van der Waals surface area contributed by atoms with Crippen molar-refractivity contribution in [1.82, 2.24) is 10.3 Å². The third kappa shape index (κ3) is 5.73. The molecular weight excluding hydrogens is 286 g/mol. The first-order chi connectivity index (χ1) is 10.2. The fourth-order valence-electron chi connectivity index (χ4n) is 2.04. The summed E-state index contributed by atoms with van der Waals surface area (Å²) in [6, 6.07) is 0. The largest absolute Gasteiger partial charge is 0.381 e. The normalized spacial score (nSPS) is 14.4. The monoisotopic (exact) mass is 311 g/mol. The predicted octanol–water partition coefficient (Wildman–Crippen LogP) is 2.42. The van der Waals surface area contributed by atoms with Crippen LogP contribution in [0.15, 0.2) is 5.38 Å². The molecule has 1 aromatic rings. The van der Waals surface area contributed by atoms with Gasteiger partial charge in [0.15, 0.2) is 5.13 Å². The molecule has 2 rings (SSSR count). The van der Waals surface area contributed by atoms with Crippen LogP contribution in [0.5, 0.6) is 0 Å². The fourth-order valence-corrected chi connectivity index (χ4v) is 2.98. The van der Waals surface area contributed by atoms with E-state index in [9.17, 15) is 4.79 Å². The van der Waals surface area contributed by atoms with E-state index in [4.69, 9.17) is 4.74 Å². The van der Waals surface area contributed by atoms with E-state index in [1.54, 1.807) is 11.8 Å². The fraction of sp³-hybridized carbons (Fsp3) is 0.733. The molecule has 0 atom stereocenters. The molecule has 1 heterocycles. The van der Waals surface area contributed by atoms with E-state index >= 15 is 0 Å². The van der Waals surface area contributed by atoms with Crippen LogP contribution < -0.4 is 10.2 Å². The number of nitrogens with zero attached hydrogens (tertiary/aromatic N) is 2. The van der Waals surface area contributed by atoms with E-state index in [-0.39, 0.29) is 5.91 Å². The molecule has 6 heteroatoms. The van der Waals surface area contributed by atoms with Crippen molar-refractivity contribution in [1.29, 1.82) is 0 Å². The minimum absolute atomic E-state index is 0.0409. The van der Waals surface area contributed by atoms with Gasteiger partial charge in [-0.1, -0.05) is 0 Å². The van der Waals surface area contributed by atoms with Crippen LogP contribution in [0.2, 0.25) is 0 Å². The number of thiazole rings is 1. The lowest BCUT2D eigenvalue weighted by Crippen LogP contribution is -2.27. The van der Waals surface area contributed by atoms with Gasteiger partial charge in [-0.2, -0.15) is 0 Å². The van der Waals surface area contributed by atoms with Crippen molar-refractivity contribution in [3.63, 3.8) is 0 Å². The summed E-state index contributed by atoms with van der Waals surface area (Å²) in [6.45, 7) is 7.64. The average molecular weight is 311 g/mol. The van der Waals surface area contributed by atoms with Gasteiger partial charge in [-0.05, 0) is 38.6 Å². The minimum Gasteiger partial charge on any atom is -0.381 e. The van der Waals surface area contributed by atoms with E-state index < -0.39 is 0 Å². The molecule has 0 radical (unpaired) electrons. The molecule has 118 valence electrons.